The summed E-state index contributed by atoms with van der Waals surface area (Å²) in [5.74, 6) is -0.710. The molecule has 1 N–H and O–H groups in total. The number of nitrogens with zero attached hydrogens (tertiary/aromatic N) is 3. The molecule has 1 fully saturated rings. The van der Waals surface area contributed by atoms with Crippen LogP contribution in [0.3, 0.4) is 0 Å². The van der Waals surface area contributed by atoms with E-state index >= 15 is 0 Å². The van der Waals surface area contributed by atoms with Gasteiger partial charge in [0.25, 0.3) is 5.91 Å². The van der Waals surface area contributed by atoms with Crippen LogP contribution in [0.2, 0.25) is 0 Å². The van der Waals surface area contributed by atoms with Gasteiger partial charge in [0.05, 0.1) is 5.01 Å². The van der Waals surface area contributed by atoms with Crippen LogP contribution in [0.4, 0.5) is 18.9 Å². The van der Waals surface area contributed by atoms with Crippen molar-refractivity contribution in [3.63, 3.8) is 0 Å². The second-order valence-electron chi connectivity index (χ2n) is 8.01. The highest BCUT2D eigenvalue weighted by Gasteiger charge is 2.39. The van der Waals surface area contributed by atoms with Crippen LogP contribution in [0.25, 0.3) is 0 Å². The Labute approximate surface area is 185 Å². The summed E-state index contributed by atoms with van der Waals surface area (Å²) in [4.78, 5) is 20.2. The molecule has 9 heteroatoms. The van der Waals surface area contributed by atoms with E-state index in [2.05, 4.69) is 15.2 Å². The molecular weight excluding hydrogens is 425 g/mol. The van der Waals surface area contributed by atoms with E-state index in [1.54, 1.807) is 0 Å². The summed E-state index contributed by atoms with van der Waals surface area (Å²) in [6, 6.07) is 7.83. The molecule has 2 aromatic rings. The van der Waals surface area contributed by atoms with Crippen molar-refractivity contribution in [3.8, 4) is 0 Å². The third-order valence-corrected chi connectivity index (χ3v) is 6.48. The monoisotopic (exact) mass is 454 g/mol. The smallest absolute Gasteiger partial charge is 0.378 e. The molecular formula is C22H29F3N4OS. The van der Waals surface area contributed by atoms with Crippen LogP contribution in [-0.4, -0.2) is 56.1 Å². The highest BCUT2D eigenvalue weighted by Crippen LogP contribution is 2.34. The van der Waals surface area contributed by atoms with Gasteiger partial charge < -0.3 is 15.1 Å². The van der Waals surface area contributed by atoms with Gasteiger partial charge in [-0.2, -0.15) is 13.2 Å². The number of anilines is 1. The first kappa shape index (κ1) is 23.5. The number of carbonyl (C=O) groups is 1. The van der Waals surface area contributed by atoms with Gasteiger partial charge in [-0.3, -0.25) is 4.79 Å². The van der Waals surface area contributed by atoms with Crippen molar-refractivity contribution < 1.29 is 18.0 Å². The number of amides is 1. The Balaban J connectivity index is 1.62. The largest absolute Gasteiger partial charge is 0.435 e. The third-order valence-electron chi connectivity index (χ3n) is 5.36. The van der Waals surface area contributed by atoms with Crippen LogP contribution in [-0.2, 0) is 19.0 Å². The van der Waals surface area contributed by atoms with Crippen LogP contribution in [0.5, 0.6) is 0 Å². The number of piperidine rings is 1. The predicted molar refractivity (Wildman–Crippen MR) is 118 cm³/mol. The molecule has 0 radical (unpaired) electrons. The number of likely N-dealkylation sites (tertiary alicyclic amines) is 1. The van der Waals surface area contributed by atoms with E-state index in [9.17, 15) is 18.0 Å². The van der Waals surface area contributed by atoms with Gasteiger partial charge in [-0.05, 0) is 50.0 Å². The molecule has 170 valence electrons. The number of hydrogen-bond donors (Lipinski definition) is 1. The van der Waals surface area contributed by atoms with Crippen LogP contribution < -0.4 is 10.2 Å². The zero-order valence-electron chi connectivity index (χ0n) is 18.0. The zero-order chi connectivity index (χ0) is 22.4. The lowest BCUT2D eigenvalue weighted by molar-refractivity contribution is -0.141. The van der Waals surface area contributed by atoms with E-state index in [1.165, 1.54) is 6.42 Å². The zero-order valence-corrected chi connectivity index (χ0v) is 18.8. The van der Waals surface area contributed by atoms with E-state index < -0.39 is 17.8 Å². The maximum absolute atomic E-state index is 13.5. The maximum Gasteiger partial charge on any atom is 0.435 e. The maximum atomic E-state index is 13.5. The number of carbonyl (C=O) groups excluding carboxylic acids is 1. The number of halogens is 3. The summed E-state index contributed by atoms with van der Waals surface area (Å²) in [6.07, 6.45) is -0.233. The molecule has 1 amide bonds. The number of thiazole rings is 1. The molecule has 1 aromatic carbocycles. The molecule has 3 rings (SSSR count). The lowest BCUT2D eigenvalue weighted by Gasteiger charge is -2.25. The fourth-order valence-electron chi connectivity index (χ4n) is 3.64. The summed E-state index contributed by atoms with van der Waals surface area (Å²) in [7, 11) is 3.87. The van der Waals surface area contributed by atoms with Crippen molar-refractivity contribution in [2.75, 3.05) is 45.2 Å². The van der Waals surface area contributed by atoms with Crippen LogP contribution in [0.1, 0.15) is 45.2 Å². The molecule has 2 heterocycles. The standard InChI is InChI=1S/C22H29F3N4OS/c1-28(2)17-8-6-7-16(15-17)9-11-26-21(30)19-20(22(23,24)25)27-18(31-19)10-14-29-12-4-3-5-13-29/h6-8,15H,3-5,9-14H2,1-2H3,(H,26,30). The fraction of sp³-hybridized carbons (Fsp3) is 0.545. The highest BCUT2D eigenvalue weighted by atomic mass is 32.1. The van der Waals surface area contributed by atoms with Crippen molar-refractivity contribution in [2.45, 2.75) is 38.3 Å². The van der Waals surface area contributed by atoms with Crippen molar-refractivity contribution in [1.82, 2.24) is 15.2 Å². The summed E-state index contributed by atoms with van der Waals surface area (Å²) in [6.45, 7) is 2.88. The molecule has 1 aromatic heterocycles. The molecule has 1 aliphatic heterocycles. The number of hydrogen-bond acceptors (Lipinski definition) is 5. The van der Waals surface area contributed by atoms with Gasteiger partial charge in [0.2, 0.25) is 0 Å². The second-order valence-corrected chi connectivity index (χ2v) is 9.09. The van der Waals surface area contributed by atoms with Crippen LogP contribution in [0, 0.1) is 0 Å². The summed E-state index contributed by atoms with van der Waals surface area (Å²) >= 11 is 0.859. The molecule has 1 aliphatic rings. The SMILES string of the molecule is CN(C)c1cccc(CCNC(=O)c2sc(CCN3CCCCC3)nc2C(F)(F)F)c1. The molecule has 31 heavy (non-hydrogen) atoms. The van der Waals surface area contributed by atoms with Gasteiger partial charge in [-0.1, -0.05) is 18.6 Å². The van der Waals surface area contributed by atoms with Gasteiger partial charge in [-0.25, -0.2) is 4.98 Å². The summed E-state index contributed by atoms with van der Waals surface area (Å²) in [5, 5.41) is 3.00. The Morgan fingerprint density at radius 1 is 1.19 bits per heavy atom. The Kier molecular flexibility index (Phi) is 7.94. The Bertz CT molecular complexity index is 876. The normalized spacial score (nSPS) is 15.1. The summed E-state index contributed by atoms with van der Waals surface area (Å²) in [5.41, 5.74) is 0.969. The number of aromatic nitrogens is 1. The minimum absolute atomic E-state index is 0.258. The Morgan fingerprint density at radius 2 is 1.94 bits per heavy atom. The Morgan fingerprint density at radius 3 is 2.61 bits per heavy atom. The number of benzene rings is 1. The lowest BCUT2D eigenvalue weighted by atomic mass is 10.1. The van der Waals surface area contributed by atoms with E-state index in [4.69, 9.17) is 0 Å². The fourth-order valence-corrected chi connectivity index (χ4v) is 4.63. The molecule has 5 nitrogen and oxygen atoms in total. The van der Waals surface area contributed by atoms with E-state index in [0.29, 0.717) is 24.4 Å². The number of nitrogens with one attached hydrogen (secondary N) is 1. The second kappa shape index (κ2) is 10.5. The first-order chi connectivity index (χ1) is 14.7. The Hall–Kier alpha value is -2.13. The first-order valence-corrected chi connectivity index (χ1v) is 11.4. The molecule has 1 saturated heterocycles. The van der Waals surface area contributed by atoms with E-state index in [0.717, 1.165) is 48.5 Å². The lowest BCUT2D eigenvalue weighted by Crippen LogP contribution is -2.31. The molecule has 0 spiro atoms. The molecule has 0 unspecified atom stereocenters. The average molecular weight is 455 g/mol. The average Bonchev–Trinajstić information content (AvgIpc) is 3.18. The van der Waals surface area contributed by atoms with Gasteiger partial charge in [-0.15, -0.1) is 11.3 Å². The van der Waals surface area contributed by atoms with Crippen molar-refractivity contribution in [3.05, 3.63) is 45.4 Å². The topological polar surface area (TPSA) is 48.5 Å². The van der Waals surface area contributed by atoms with Crippen molar-refractivity contribution in [2.24, 2.45) is 0 Å². The predicted octanol–water partition coefficient (Wildman–Crippen LogP) is 4.23. The summed E-state index contributed by atoms with van der Waals surface area (Å²) < 4.78 is 40.4. The quantitative estimate of drug-likeness (QED) is 0.649. The first-order valence-electron chi connectivity index (χ1n) is 10.6. The van der Waals surface area contributed by atoms with Crippen LogP contribution >= 0.6 is 11.3 Å². The molecule has 0 saturated carbocycles. The van der Waals surface area contributed by atoms with Gasteiger partial charge >= 0.3 is 6.18 Å². The van der Waals surface area contributed by atoms with Gasteiger partial charge in [0.1, 0.15) is 4.88 Å². The van der Waals surface area contributed by atoms with Gasteiger partial charge in [0, 0.05) is 39.3 Å². The number of rotatable bonds is 8. The third kappa shape index (κ3) is 6.67. The minimum atomic E-state index is -4.65. The van der Waals surface area contributed by atoms with E-state index in [-0.39, 0.29) is 11.4 Å². The molecule has 0 atom stereocenters. The van der Waals surface area contributed by atoms with Crippen LogP contribution in [0.15, 0.2) is 24.3 Å². The molecule has 0 bridgehead atoms. The van der Waals surface area contributed by atoms with E-state index in [1.807, 2.05) is 43.3 Å². The van der Waals surface area contributed by atoms with Gasteiger partial charge in [0.15, 0.2) is 5.69 Å². The number of alkyl halides is 3. The molecule has 0 aliphatic carbocycles. The highest BCUT2D eigenvalue weighted by molar-refractivity contribution is 7.13. The van der Waals surface area contributed by atoms with Crippen molar-refractivity contribution >= 4 is 22.9 Å². The van der Waals surface area contributed by atoms with Crippen molar-refractivity contribution in [1.29, 1.82) is 0 Å². The minimum Gasteiger partial charge on any atom is -0.378 e.